The van der Waals surface area contributed by atoms with Gasteiger partial charge in [0.1, 0.15) is 0 Å². The van der Waals surface area contributed by atoms with Gasteiger partial charge in [-0.15, -0.1) is 0 Å². The van der Waals surface area contributed by atoms with Gasteiger partial charge in [0.15, 0.2) is 5.78 Å². The van der Waals surface area contributed by atoms with Crippen LogP contribution in [0.4, 0.5) is 0 Å². The Hall–Kier alpha value is -0.590. The molecule has 1 saturated carbocycles. The maximum atomic E-state index is 11.9. The third-order valence-electron chi connectivity index (χ3n) is 4.19. The summed E-state index contributed by atoms with van der Waals surface area (Å²) in [5.74, 6) is 1.64. The fourth-order valence-corrected chi connectivity index (χ4v) is 3.41. The van der Waals surface area contributed by atoms with Crippen LogP contribution >= 0.6 is 0 Å². The van der Waals surface area contributed by atoms with Crippen LogP contribution in [0.5, 0.6) is 0 Å². The lowest BCUT2D eigenvalue weighted by molar-refractivity contribution is -0.115. The summed E-state index contributed by atoms with van der Waals surface area (Å²) in [5.41, 5.74) is 1.37. The molecule has 2 aliphatic carbocycles. The van der Waals surface area contributed by atoms with Crippen molar-refractivity contribution < 1.29 is 4.79 Å². The minimum Gasteiger partial charge on any atom is -0.295 e. The lowest BCUT2D eigenvalue weighted by atomic mass is 9.67. The molecule has 0 heterocycles. The van der Waals surface area contributed by atoms with Crippen molar-refractivity contribution in [3.63, 3.8) is 0 Å². The summed E-state index contributed by atoms with van der Waals surface area (Å²) in [6.07, 6.45) is 6.58. The van der Waals surface area contributed by atoms with E-state index in [0.717, 1.165) is 18.4 Å². The normalized spacial score (nSPS) is 37.3. The van der Waals surface area contributed by atoms with Crippen molar-refractivity contribution in [3.8, 4) is 0 Å². The smallest absolute Gasteiger partial charge is 0.159 e. The Bertz CT molecular complexity index is 288. The number of hydrogen-bond donors (Lipinski definition) is 0. The number of carbonyl (C=O) groups excluding carboxylic acids is 1. The first kappa shape index (κ1) is 9.95. The highest BCUT2D eigenvalue weighted by molar-refractivity contribution is 5.99. The fourth-order valence-electron chi connectivity index (χ4n) is 3.41. The molecule has 0 N–H and O–H groups in total. The second-order valence-corrected chi connectivity index (χ2v) is 5.41. The van der Waals surface area contributed by atoms with Gasteiger partial charge in [0.2, 0.25) is 0 Å². The maximum Gasteiger partial charge on any atom is 0.159 e. The lowest BCUT2D eigenvalue weighted by Crippen LogP contribution is -2.29. The minimum atomic E-state index is 0.212. The molecule has 0 aromatic heterocycles. The quantitative estimate of drug-likeness (QED) is 0.622. The molecule has 0 amide bonds. The van der Waals surface area contributed by atoms with Gasteiger partial charge in [-0.1, -0.05) is 26.8 Å². The Labute approximate surface area is 86.6 Å². The number of allylic oxidation sites excluding steroid dienone is 2. The summed E-state index contributed by atoms with van der Waals surface area (Å²) >= 11 is 0. The zero-order valence-corrected chi connectivity index (χ0v) is 9.47. The van der Waals surface area contributed by atoms with Gasteiger partial charge in [-0.2, -0.15) is 0 Å². The highest BCUT2D eigenvalue weighted by Crippen LogP contribution is 2.53. The average molecular weight is 192 g/mol. The number of hydrogen-bond acceptors (Lipinski definition) is 1. The predicted octanol–water partition coefficient (Wildman–Crippen LogP) is 3.35. The van der Waals surface area contributed by atoms with Crippen molar-refractivity contribution in [3.05, 3.63) is 11.6 Å². The molecule has 0 saturated heterocycles. The minimum absolute atomic E-state index is 0.212. The summed E-state index contributed by atoms with van der Waals surface area (Å²) in [4.78, 5) is 11.9. The first-order valence-electron chi connectivity index (χ1n) is 5.79. The maximum absolute atomic E-state index is 11.9. The van der Waals surface area contributed by atoms with Gasteiger partial charge in [-0.05, 0) is 42.1 Å². The molecule has 0 spiro atoms. The third-order valence-corrected chi connectivity index (χ3v) is 4.19. The molecule has 14 heavy (non-hydrogen) atoms. The Kier molecular flexibility index (Phi) is 2.29. The van der Waals surface area contributed by atoms with E-state index in [1.54, 1.807) is 0 Å². The average Bonchev–Trinajstić information content (AvgIpc) is 2.39. The van der Waals surface area contributed by atoms with Crippen molar-refractivity contribution in [2.45, 2.75) is 46.5 Å². The molecule has 0 aromatic carbocycles. The molecule has 0 unspecified atom stereocenters. The van der Waals surface area contributed by atoms with Crippen molar-refractivity contribution in [1.29, 1.82) is 0 Å². The van der Waals surface area contributed by atoms with Crippen molar-refractivity contribution in [2.24, 2.45) is 17.3 Å². The van der Waals surface area contributed by atoms with Gasteiger partial charge in [-0.25, -0.2) is 0 Å². The van der Waals surface area contributed by atoms with E-state index in [1.165, 1.54) is 12.8 Å². The monoisotopic (exact) mass is 192 g/mol. The number of Topliss-reactive ketones (excluding diaryl/α,β-unsaturated/α-hetero) is 1. The molecular weight excluding hydrogens is 172 g/mol. The molecule has 0 radical (unpaired) electrons. The number of ketones is 1. The topological polar surface area (TPSA) is 17.1 Å². The molecule has 2 atom stereocenters. The molecular formula is C13H20O. The molecule has 1 nitrogen and oxygen atoms in total. The zero-order chi connectivity index (χ0) is 10.3. The van der Waals surface area contributed by atoms with Crippen LogP contribution in [0.25, 0.3) is 0 Å². The van der Waals surface area contributed by atoms with Crippen molar-refractivity contribution in [2.75, 3.05) is 0 Å². The van der Waals surface area contributed by atoms with Crippen LogP contribution in [0, 0.1) is 17.3 Å². The molecule has 1 heteroatoms. The van der Waals surface area contributed by atoms with Gasteiger partial charge in [0, 0.05) is 6.42 Å². The summed E-state index contributed by atoms with van der Waals surface area (Å²) < 4.78 is 0. The second kappa shape index (κ2) is 3.22. The number of carbonyl (C=O) groups is 1. The van der Waals surface area contributed by atoms with E-state index < -0.39 is 0 Å². The van der Waals surface area contributed by atoms with Crippen molar-refractivity contribution >= 4 is 5.78 Å². The van der Waals surface area contributed by atoms with E-state index in [2.05, 4.69) is 26.8 Å². The van der Waals surface area contributed by atoms with Crippen LogP contribution in [-0.4, -0.2) is 5.78 Å². The van der Waals surface area contributed by atoms with Crippen LogP contribution < -0.4 is 0 Å². The van der Waals surface area contributed by atoms with Gasteiger partial charge >= 0.3 is 0 Å². The summed E-state index contributed by atoms with van der Waals surface area (Å²) in [6.45, 7) is 6.80. The predicted molar refractivity (Wildman–Crippen MR) is 58.0 cm³/mol. The molecule has 2 rings (SSSR count). The standard InChI is InChI=1S/C13H20O/c1-9(2)11-8-12(14)10-6-4-5-7-13(10,11)3/h6,9,11H,4-5,7-8H2,1-3H3/t11-,13+/m1/s1. The SMILES string of the molecule is CC(C)[C@H]1CC(=O)C2=CCCC[C@@]21C. The Balaban J connectivity index is 2.38. The first-order chi connectivity index (χ1) is 6.55. The highest BCUT2D eigenvalue weighted by atomic mass is 16.1. The van der Waals surface area contributed by atoms with Crippen molar-refractivity contribution in [1.82, 2.24) is 0 Å². The Morgan fingerprint density at radius 3 is 2.86 bits per heavy atom. The van der Waals surface area contributed by atoms with E-state index in [1.807, 2.05) is 0 Å². The molecule has 1 fully saturated rings. The number of rotatable bonds is 1. The number of fused-ring (bicyclic) bond motifs is 1. The Morgan fingerprint density at radius 2 is 2.21 bits per heavy atom. The highest BCUT2D eigenvalue weighted by Gasteiger charge is 2.48. The molecule has 0 aromatic rings. The van der Waals surface area contributed by atoms with Crippen LogP contribution in [0.15, 0.2) is 11.6 Å². The Morgan fingerprint density at radius 1 is 1.50 bits per heavy atom. The first-order valence-corrected chi connectivity index (χ1v) is 5.79. The summed E-state index contributed by atoms with van der Waals surface area (Å²) in [7, 11) is 0. The summed E-state index contributed by atoms with van der Waals surface area (Å²) in [5, 5.41) is 0. The largest absolute Gasteiger partial charge is 0.295 e. The lowest BCUT2D eigenvalue weighted by Gasteiger charge is -2.36. The molecule has 0 aliphatic heterocycles. The molecule has 78 valence electrons. The molecule has 0 bridgehead atoms. The third kappa shape index (κ3) is 1.25. The van der Waals surface area contributed by atoms with Gasteiger partial charge in [0.25, 0.3) is 0 Å². The van der Waals surface area contributed by atoms with E-state index in [-0.39, 0.29) is 5.41 Å². The van der Waals surface area contributed by atoms with E-state index in [9.17, 15) is 4.79 Å². The van der Waals surface area contributed by atoms with Gasteiger partial charge in [0.05, 0.1) is 0 Å². The van der Waals surface area contributed by atoms with Gasteiger partial charge < -0.3 is 0 Å². The fraction of sp³-hybridized carbons (Fsp3) is 0.769. The van der Waals surface area contributed by atoms with E-state index >= 15 is 0 Å². The summed E-state index contributed by atoms with van der Waals surface area (Å²) in [6, 6.07) is 0. The van der Waals surface area contributed by atoms with E-state index in [0.29, 0.717) is 17.6 Å². The van der Waals surface area contributed by atoms with Crippen LogP contribution in [0.3, 0.4) is 0 Å². The van der Waals surface area contributed by atoms with Gasteiger partial charge in [-0.3, -0.25) is 4.79 Å². The van der Waals surface area contributed by atoms with Crippen LogP contribution in [0.1, 0.15) is 46.5 Å². The zero-order valence-electron chi connectivity index (χ0n) is 9.47. The van der Waals surface area contributed by atoms with E-state index in [4.69, 9.17) is 0 Å². The molecule has 2 aliphatic rings. The second-order valence-electron chi connectivity index (χ2n) is 5.41. The van der Waals surface area contributed by atoms with Crippen LogP contribution in [0.2, 0.25) is 0 Å². The van der Waals surface area contributed by atoms with Crippen LogP contribution in [-0.2, 0) is 4.79 Å².